The Morgan fingerprint density at radius 2 is 1.35 bits per heavy atom. The number of hydrogen-bond acceptors (Lipinski definition) is 3. The molecule has 0 saturated heterocycles. The fourth-order valence-electron chi connectivity index (χ4n) is 2.70. The van der Waals surface area contributed by atoms with Gasteiger partial charge < -0.3 is 4.74 Å². The average molecular weight is 276 g/mol. The van der Waals surface area contributed by atoms with Crippen molar-refractivity contribution in [3.8, 4) is 12.5 Å². The molecule has 0 radical (unpaired) electrons. The number of aliphatic imine (C=N–C) groups is 2. The van der Waals surface area contributed by atoms with Gasteiger partial charge in [0.15, 0.2) is 0 Å². The number of ether oxygens (including phenoxy) is 1. The van der Waals surface area contributed by atoms with E-state index < -0.39 is 0 Å². The molecule has 0 aliphatic heterocycles. The van der Waals surface area contributed by atoms with Crippen LogP contribution in [0.1, 0.15) is 71.1 Å². The van der Waals surface area contributed by atoms with E-state index in [2.05, 4.69) is 27.2 Å². The Bertz CT molecular complexity index is 305. The third kappa shape index (κ3) is 8.02. The van der Waals surface area contributed by atoms with Gasteiger partial charge in [0.1, 0.15) is 6.11 Å². The molecule has 2 rings (SSSR count). The molecular weight excluding hydrogens is 248 g/mol. The summed E-state index contributed by atoms with van der Waals surface area (Å²) in [6.45, 7) is 2.45. The van der Waals surface area contributed by atoms with Crippen LogP contribution in [0, 0.1) is 12.5 Å². The molecule has 2 aliphatic carbocycles. The van der Waals surface area contributed by atoms with Crippen molar-refractivity contribution in [1.29, 1.82) is 0 Å². The van der Waals surface area contributed by atoms with Gasteiger partial charge in [-0.1, -0.05) is 44.9 Å². The summed E-state index contributed by atoms with van der Waals surface area (Å²) in [5, 5.41) is 0. The maximum Gasteiger partial charge on any atom is 0.106 e. The highest BCUT2D eigenvalue weighted by Crippen LogP contribution is 2.21. The summed E-state index contributed by atoms with van der Waals surface area (Å²) < 4.78 is 4.36. The van der Waals surface area contributed by atoms with Crippen molar-refractivity contribution in [2.45, 2.75) is 83.2 Å². The van der Waals surface area contributed by atoms with E-state index in [1.54, 1.807) is 0 Å². The Hall–Kier alpha value is -1.26. The molecule has 0 aromatic heterocycles. The lowest BCUT2D eigenvalue weighted by molar-refractivity contribution is 0.300. The second kappa shape index (κ2) is 11.6. The minimum atomic E-state index is 0.533. The average Bonchev–Trinajstić information content (AvgIpc) is 2.51. The summed E-state index contributed by atoms with van der Waals surface area (Å²) in [6, 6.07) is 4.04. The van der Waals surface area contributed by atoms with Crippen LogP contribution in [0.15, 0.2) is 9.98 Å². The molecular formula is C17H28N2O. The second-order valence-electron chi connectivity index (χ2n) is 5.49. The molecule has 0 amide bonds. The maximum atomic E-state index is 4.67. The van der Waals surface area contributed by atoms with E-state index in [1.807, 2.05) is 13.0 Å². The Morgan fingerprint density at radius 3 is 1.65 bits per heavy atom. The Morgan fingerprint density at radius 1 is 0.900 bits per heavy atom. The molecule has 3 heteroatoms. The van der Waals surface area contributed by atoms with Crippen LogP contribution in [-0.4, -0.2) is 24.7 Å². The van der Waals surface area contributed by atoms with Gasteiger partial charge in [0.25, 0.3) is 0 Å². The van der Waals surface area contributed by atoms with E-state index in [9.17, 15) is 0 Å². The molecule has 0 aromatic rings. The molecule has 0 heterocycles. The van der Waals surface area contributed by atoms with E-state index in [-0.39, 0.29) is 0 Å². The molecule has 0 bridgehead atoms. The third-order valence-corrected chi connectivity index (χ3v) is 3.86. The van der Waals surface area contributed by atoms with Crippen molar-refractivity contribution in [2.75, 3.05) is 6.61 Å². The summed E-state index contributed by atoms with van der Waals surface area (Å²) in [4.78, 5) is 8.92. The number of terminal acetylenes is 1. The molecule has 0 spiro atoms. The van der Waals surface area contributed by atoms with Gasteiger partial charge in [-0.05, 0) is 32.6 Å². The number of rotatable bonds is 3. The highest BCUT2D eigenvalue weighted by Gasteiger charge is 2.12. The van der Waals surface area contributed by atoms with Gasteiger partial charge in [0.2, 0.25) is 0 Å². The van der Waals surface area contributed by atoms with Crippen LogP contribution in [0.4, 0.5) is 0 Å². The Balaban J connectivity index is 0.000000347. The fraction of sp³-hybridized carbons (Fsp3) is 0.824. The lowest BCUT2D eigenvalue weighted by Crippen LogP contribution is -2.10. The number of nitrogens with zero attached hydrogens (tertiary/aromatic N) is 2. The van der Waals surface area contributed by atoms with Gasteiger partial charge in [-0.15, -0.1) is 0 Å². The quantitative estimate of drug-likeness (QED) is 0.554. The van der Waals surface area contributed by atoms with E-state index in [4.69, 9.17) is 0 Å². The monoisotopic (exact) mass is 276 g/mol. The Kier molecular flexibility index (Phi) is 9.70. The van der Waals surface area contributed by atoms with Gasteiger partial charge in [-0.3, -0.25) is 0 Å². The van der Waals surface area contributed by atoms with E-state index in [1.165, 1.54) is 64.2 Å². The fourth-order valence-corrected chi connectivity index (χ4v) is 2.70. The van der Waals surface area contributed by atoms with Crippen LogP contribution in [0.3, 0.4) is 0 Å². The van der Waals surface area contributed by atoms with Gasteiger partial charge in [0.05, 0.1) is 24.7 Å². The van der Waals surface area contributed by atoms with Crippen molar-refractivity contribution in [2.24, 2.45) is 9.98 Å². The van der Waals surface area contributed by atoms with Crippen LogP contribution in [0.5, 0.6) is 0 Å². The van der Waals surface area contributed by atoms with Crippen molar-refractivity contribution in [3.05, 3.63) is 0 Å². The SMILES string of the molecule is C#COCC.C(=NC1CCCCC1)=NC1CCCCC1. The molecule has 0 atom stereocenters. The summed E-state index contributed by atoms with van der Waals surface area (Å²) in [6.07, 6.45) is 19.9. The first-order valence-corrected chi connectivity index (χ1v) is 8.09. The van der Waals surface area contributed by atoms with Crippen molar-refractivity contribution >= 4 is 6.01 Å². The minimum absolute atomic E-state index is 0.533. The molecule has 2 aliphatic rings. The molecule has 0 aromatic carbocycles. The first-order valence-electron chi connectivity index (χ1n) is 8.09. The molecule has 0 unspecified atom stereocenters. The van der Waals surface area contributed by atoms with Crippen LogP contribution >= 0.6 is 0 Å². The van der Waals surface area contributed by atoms with Crippen LogP contribution in [-0.2, 0) is 4.74 Å². The van der Waals surface area contributed by atoms with E-state index in [0.29, 0.717) is 18.7 Å². The van der Waals surface area contributed by atoms with Gasteiger partial charge >= 0.3 is 0 Å². The number of hydrogen-bond donors (Lipinski definition) is 0. The molecule has 2 saturated carbocycles. The third-order valence-electron chi connectivity index (χ3n) is 3.86. The van der Waals surface area contributed by atoms with Crippen molar-refractivity contribution < 1.29 is 4.74 Å². The summed E-state index contributed by atoms with van der Waals surface area (Å²) in [5.41, 5.74) is 0. The molecule has 20 heavy (non-hydrogen) atoms. The smallest absolute Gasteiger partial charge is 0.106 e. The largest absolute Gasteiger partial charge is 0.447 e. The predicted octanol–water partition coefficient (Wildman–Crippen LogP) is 4.44. The second-order valence-corrected chi connectivity index (χ2v) is 5.49. The van der Waals surface area contributed by atoms with Gasteiger partial charge in [0, 0.05) is 0 Å². The van der Waals surface area contributed by atoms with Crippen LogP contribution < -0.4 is 0 Å². The van der Waals surface area contributed by atoms with E-state index >= 15 is 0 Å². The molecule has 3 nitrogen and oxygen atoms in total. The zero-order chi connectivity index (χ0) is 14.5. The van der Waals surface area contributed by atoms with Gasteiger partial charge in [-0.2, -0.15) is 0 Å². The first-order chi connectivity index (χ1) is 9.86. The van der Waals surface area contributed by atoms with Gasteiger partial charge in [-0.25, -0.2) is 9.98 Å². The van der Waals surface area contributed by atoms with Crippen LogP contribution in [0.25, 0.3) is 0 Å². The standard InChI is InChI=1S/C13H22N2.C4H6O/c1-3-7-12(8-4-1)14-11-15-13-9-5-2-6-10-13;1-3-5-4-2/h12-13H,1-10H2;1H,4H2,2H3. The predicted molar refractivity (Wildman–Crippen MR) is 84.1 cm³/mol. The first kappa shape index (κ1) is 16.8. The summed E-state index contributed by atoms with van der Waals surface area (Å²) >= 11 is 0. The molecule has 0 N–H and O–H groups in total. The zero-order valence-corrected chi connectivity index (χ0v) is 12.8. The minimum Gasteiger partial charge on any atom is -0.447 e. The Labute approximate surface area is 123 Å². The highest BCUT2D eigenvalue weighted by atomic mass is 16.5. The van der Waals surface area contributed by atoms with E-state index in [0.717, 1.165) is 0 Å². The lowest BCUT2D eigenvalue weighted by atomic mass is 9.96. The topological polar surface area (TPSA) is 34.0 Å². The normalized spacial score (nSPS) is 19.8. The maximum absolute atomic E-state index is 4.67. The summed E-state index contributed by atoms with van der Waals surface area (Å²) in [7, 11) is 0. The molecule has 2 fully saturated rings. The lowest BCUT2D eigenvalue weighted by Gasteiger charge is -2.17. The van der Waals surface area contributed by atoms with Crippen molar-refractivity contribution in [3.63, 3.8) is 0 Å². The van der Waals surface area contributed by atoms with Crippen molar-refractivity contribution in [1.82, 2.24) is 0 Å². The van der Waals surface area contributed by atoms with Crippen LogP contribution in [0.2, 0.25) is 0 Å². The zero-order valence-electron chi connectivity index (χ0n) is 12.8. The highest BCUT2D eigenvalue weighted by molar-refractivity contribution is 5.42. The molecule has 112 valence electrons. The summed E-state index contributed by atoms with van der Waals surface area (Å²) in [5.74, 6) is 0.